The number of carboxylic acid groups (broad SMARTS) is 1. The third-order valence-corrected chi connectivity index (χ3v) is 4.88. The Morgan fingerprint density at radius 2 is 1.95 bits per heavy atom. The summed E-state index contributed by atoms with van der Waals surface area (Å²) < 4.78 is 25.3. The predicted octanol–water partition coefficient (Wildman–Crippen LogP) is 1.65. The lowest BCUT2D eigenvalue weighted by Gasteiger charge is -2.19. The highest BCUT2D eigenvalue weighted by atomic mass is 32.2. The number of aromatic carboxylic acids is 1. The minimum absolute atomic E-state index is 0.205. The lowest BCUT2D eigenvalue weighted by molar-refractivity contribution is 0.0696. The van der Waals surface area contributed by atoms with Crippen molar-refractivity contribution in [3.05, 3.63) is 35.4 Å². The molecule has 1 rings (SSSR count). The molecule has 2 N–H and O–H groups in total. The Morgan fingerprint density at radius 1 is 1.32 bits per heavy atom. The van der Waals surface area contributed by atoms with Crippen LogP contribution >= 0.6 is 0 Å². The summed E-state index contributed by atoms with van der Waals surface area (Å²) in [4.78, 5) is 10.8. The highest BCUT2D eigenvalue weighted by Gasteiger charge is 2.28. The molecule has 106 valence electrons. The minimum Gasteiger partial charge on any atom is -0.478 e. The Bertz CT molecular complexity index is 558. The van der Waals surface area contributed by atoms with Crippen LogP contribution in [0, 0.1) is 0 Å². The van der Waals surface area contributed by atoms with Gasteiger partial charge in [-0.2, -0.15) is 0 Å². The maximum Gasteiger partial charge on any atom is 0.335 e. The van der Waals surface area contributed by atoms with Gasteiger partial charge >= 0.3 is 5.97 Å². The van der Waals surface area contributed by atoms with E-state index >= 15 is 0 Å². The third kappa shape index (κ3) is 4.33. The molecule has 0 fully saturated rings. The first kappa shape index (κ1) is 15.7. The second kappa shape index (κ2) is 5.71. The van der Waals surface area contributed by atoms with Gasteiger partial charge in [0.15, 0.2) is 0 Å². The molecule has 0 amide bonds. The molecular weight excluding hydrogens is 266 g/mol. The van der Waals surface area contributed by atoms with E-state index in [1.54, 1.807) is 39.0 Å². The van der Waals surface area contributed by atoms with Crippen LogP contribution in [0.25, 0.3) is 0 Å². The summed E-state index contributed by atoms with van der Waals surface area (Å²) in [5.41, 5.74) is 0.993. The van der Waals surface area contributed by atoms with Crippen LogP contribution in [-0.2, 0) is 16.4 Å². The van der Waals surface area contributed by atoms with Crippen LogP contribution in [0.1, 0.15) is 36.7 Å². The highest BCUT2D eigenvalue weighted by Crippen LogP contribution is 2.13. The maximum absolute atomic E-state index is 11.8. The summed E-state index contributed by atoms with van der Waals surface area (Å²) in [5.74, 6) is -0.989. The lowest BCUT2D eigenvalue weighted by atomic mass is 10.1. The Hall–Kier alpha value is -1.40. The average molecular weight is 285 g/mol. The van der Waals surface area contributed by atoms with Crippen molar-refractivity contribution in [1.82, 2.24) is 4.72 Å². The number of rotatable bonds is 5. The number of hydrogen-bond acceptors (Lipinski definition) is 3. The first-order chi connectivity index (χ1) is 8.63. The van der Waals surface area contributed by atoms with Gasteiger partial charge in [-0.15, -0.1) is 0 Å². The molecule has 0 unspecified atom stereocenters. The fourth-order valence-corrected chi connectivity index (χ4v) is 2.21. The minimum atomic E-state index is -3.36. The average Bonchev–Trinajstić information content (AvgIpc) is 2.27. The van der Waals surface area contributed by atoms with E-state index in [0.717, 1.165) is 5.56 Å². The molecule has 0 spiro atoms. The maximum atomic E-state index is 11.8. The van der Waals surface area contributed by atoms with Gasteiger partial charge in [0.2, 0.25) is 10.0 Å². The third-order valence-electron chi connectivity index (χ3n) is 2.69. The summed E-state index contributed by atoms with van der Waals surface area (Å²) in [6, 6.07) is 6.48. The molecule has 0 radical (unpaired) electrons. The van der Waals surface area contributed by atoms with Gasteiger partial charge in [0, 0.05) is 6.54 Å². The van der Waals surface area contributed by atoms with E-state index in [1.807, 2.05) is 0 Å². The number of nitrogens with one attached hydrogen (secondary N) is 1. The first-order valence-corrected chi connectivity index (χ1v) is 7.43. The fraction of sp³-hybridized carbons (Fsp3) is 0.462. The molecule has 5 nitrogen and oxygen atoms in total. The molecule has 0 saturated carbocycles. The monoisotopic (exact) mass is 285 g/mol. The van der Waals surface area contributed by atoms with E-state index in [4.69, 9.17) is 5.11 Å². The smallest absolute Gasteiger partial charge is 0.335 e. The number of carbonyl (C=O) groups is 1. The van der Waals surface area contributed by atoms with Gasteiger partial charge in [-0.25, -0.2) is 17.9 Å². The van der Waals surface area contributed by atoms with Crippen molar-refractivity contribution in [2.24, 2.45) is 0 Å². The van der Waals surface area contributed by atoms with E-state index in [-0.39, 0.29) is 12.1 Å². The molecule has 19 heavy (non-hydrogen) atoms. The van der Waals surface area contributed by atoms with Gasteiger partial charge in [-0.3, -0.25) is 0 Å². The summed E-state index contributed by atoms with van der Waals surface area (Å²) in [7, 11) is -3.36. The zero-order chi connectivity index (χ0) is 14.7. The summed E-state index contributed by atoms with van der Waals surface area (Å²) >= 11 is 0. The van der Waals surface area contributed by atoms with Gasteiger partial charge in [0.05, 0.1) is 10.3 Å². The second-order valence-corrected chi connectivity index (χ2v) is 7.79. The van der Waals surface area contributed by atoms with Gasteiger partial charge in [-0.05, 0) is 44.9 Å². The van der Waals surface area contributed by atoms with Crippen molar-refractivity contribution >= 4 is 16.0 Å². The molecule has 0 atom stereocenters. The van der Waals surface area contributed by atoms with Gasteiger partial charge in [0.1, 0.15) is 0 Å². The van der Waals surface area contributed by atoms with Crippen LogP contribution in [0.15, 0.2) is 24.3 Å². The second-order valence-electron chi connectivity index (χ2n) is 5.27. The highest BCUT2D eigenvalue weighted by molar-refractivity contribution is 7.90. The Balaban J connectivity index is 2.64. The molecule has 0 aliphatic rings. The van der Waals surface area contributed by atoms with E-state index in [9.17, 15) is 13.2 Å². The lowest BCUT2D eigenvalue weighted by Crippen LogP contribution is -2.40. The van der Waals surface area contributed by atoms with Crippen LogP contribution in [0.3, 0.4) is 0 Å². The Labute approximate surface area is 113 Å². The SMILES string of the molecule is CC(C)(C)S(=O)(=O)NCCc1cccc(C(=O)O)c1. The zero-order valence-electron chi connectivity index (χ0n) is 11.3. The standard InChI is InChI=1S/C13H19NO4S/c1-13(2,3)19(17,18)14-8-7-10-5-4-6-11(9-10)12(15)16/h4-6,9,14H,7-8H2,1-3H3,(H,15,16). The summed E-state index contributed by atoms with van der Waals surface area (Å²) in [6.45, 7) is 5.13. The fourth-order valence-electron chi connectivity index (χ4n) is 1.41. The van der Waals surface area contributed by atoms with Crippen LogP contribution in [-0.4, -0.2) is 30.8 Å². The van der Waals surface area contributed by atoms with Crippen molar-refractivity contribution in [3.63, 3.8) is 0 Å². The van der Waals surface area contributed by atoms with Gasteiger partial charge in [-0.1, -0.05) is 12.1 Å². The van der Waals surface area contributed by atoms with Gasteiger partial charge < -0.3 is 5.11 Å². The van der Waals surface area contributed by atoms with Crippen molar-refractivity contribution in [2.45, 2.75) is 31.9 Å². The molecule has 6 heteroatoms. The number of hydrogen-bond donors (Lipinski definition) is 2. The topological polar surface area (TPSA) is 83.5 Å². The molecule has 0 aromatic heterocycles. The number of benzene rings is 1. The number of sulfonamides is 1. The largest absolute Gasteiger partial charge is 0.478 e. The quantitative estimate of drug-likeness (QED) is 0.861. The molecule has 0 aliphatic carbocycles. The van der Waals surface area contributed by atoms with Gasteiger partial charge in [0.25, 0.3) is 0 Å². The zero-order valence-corrected chi connectivity index (χ0v) is 12.1. The molecule has 0 bridgehead atoms. The summed E-state index contributed by atoms with van der Waals surface area (Å²) in [5, 5.41) is 8.86. The van der Waals surface area contributed by atoms with Crippen molar-refractivity contribution < 1.29 is 18.3 Å². The molecular formula is C13H19NO4S. The Kier molecular flexibility index (Phi) is 4.70. The van der Waals surface area contributed by atoms with Crippen molar-refractivity contribution in [1.29, 1.82) is 0 Å². The van der Waals surface area contributed by atoms with E-state index in [2.05, 4.69) is 4.72 Å². The van der Waals surface area contributed by atoms with Crippen LogP contribution in [0.4, 0.5) is 0 Å². The predicted molar refractivity (Wildman–Crippen MR) is 73.8 cm³/mol. The van der Waals surface area contributed by atoms with E-state index in [0.29, 0.717) is 6.42 Å². The van der Waals surface area contributed by atoms with Crippen LogP contribution in [0.5, 0.6) is 0 Å². The van der Waals surface area contributed by atoms with E-state index < -0.39 is 20.7 Å². The summed E-state index contributed by atoms with van der Waals surface area (Å²) in [6.07, 6.45) is 0.455. The van der Waals surface area contributed by atoms with Crippen LogP contribution in [0.2, 0.25) is 0 Å². The van der Waals surface area contributed by atoms with Crippen LogP contribution < -0.4 is 4.72 Å². The van der Waals surface area contributed by atoms with Crippen molar-refractivity contribution in [2.75, 3.05) is 6.54 Å². The molecule has 0 aliphatic heterocycles. The van der Waals surface area contributed by atoms with E-state index in [1.165, 1.54) is 6.07 Å². The molecule has 1 aromatic rings. The normalized spacial score (nSPS) is 12.4. The molecule has 0 heterocycles. The molecule has 0 saturated heterocycles. The first-order valence-electron chi connectivity index (χ1n) is 5.95. The number of carboxylic acids is 1. The van der Waals surface area contributed by atoms with Crippen molar-refractivity contribution in [3.8, 4) is 0 Å². The Morgan fingerprint density at radius 3 is 2.47 bits per heavy atom. The molecule has 1 aromatic carbocycles.